The highest BCUT2D eigenvalue weighted by Crippen LogP contribution is 2.32. The van der Waals surface area contributed by atoms with Crippen molar-refractivity contribution < 1.29 is 9.53 Å². The predicted molar refractivity (Wildman–Crippen MR) is 102 cm³/mol. The number of halogens is 2. The molecule has 7 heteroatoms. The standard InChI is InChI=1S/C18H15BrClN3O2/c1-2-25-17-8-5-12(20)9-14(17)15-10-16(23-22-15)18(24)21-13-6-3-11(19)4-7-13/h3-10H,2H2,1H3,(H,21,24)(H,22,23). The molecule has 0 unspecified atom stereocenters. The maximum Gasteiger partial charge on any atom is 0.273 e. The van der Waals surface area contributed by atoms with Crippen LogP contribution in [0.5, 0.6) is 5.75 Å². The third-order valence-electron chi connectivity index (χ3n) is 3.44. The Morgan fingerprint density at radius 1 is 1.24 bits per heavy atom. The van der Waals surface area contributed by atoms with E-state index in [9.17, 15) is 4.79 Å². The molecule has 5 nitrogen and oxygen atoms in total. The fraction of sp³-hybridized carbons (Fsp3) is 0.111. The van der Waals surface area contributed by atoms with Crippen molar-refractivity contribution in [1.82, 2.24) is 10.2 Å². The quantitative estimate of drug-likeness (QED) is 0.600. The molecule has 0 aliphatic carbocycles. The van der Waals surface area contributed by atoms with Gasteiger partial charge in [-0.1, -0.05) is 27.5 Å². The van der Waals surface area contributed by atoms with Crippen LogP contribution in [-0.4, -0.2) is 22.7 Å². The highest BCUT2D eigenvalue weighted by atomic mass is 79.9. The Morgan fingerprint density at radius 3 is 2.72 bits per heavy atom. The summed E-state index contributed by atoms with van der Waals surface area (Å²) in [6.45, 7) is 2.43. The Labute approximate surface area is 158 Å². The van der Waals surface area contributed by atoms with Gasteiger partial charge in [-0.3, -0.25) is 9.89 Å². The number of carbonyl (C=O) groups excluding carboxylic acids is 1. The first kappa shape index (κ1) is 17.5. The Balaban J connectivity index is 1.83. The lowest BCUT2D eigenvalue weighted by Gasteiger charge is -2.08. The molecular formula is C18H15BrClN3O2. The van der Waals surface area contributed by atoms with Gasteiger partial charge in [0.05, 0.1) is 12.3 Å². The molecule has 1 amide bonds. The minimum Gasteiger partial charge on any atom is -0.493 e. The highest BCUT2D eigenvalue weighted by molar-refractivity contribution is 9.10. The maximum absolute atomic E-state index is 12.4. The number of nitrogens with one attached hydrogen (secondary N) is 2. The first-order valence-electron chi connectivity index (χ1n) is 7.62. The van der Waals surface area contributed by atoms with Gasteiger partial charge >= 0.3 is 0 Å². The van der Waals surface area contributed by atoms with Crippen LogP contribution in [0.2, 0.25) is 5.02 Å². The number of aromatic nitrogens is 2. The van der Waals surface area contributed by atoms with Crippen LogP contribution in [0.4, 0.5) is 5.69 Å². The monoisotopic (exact) mass is 419 g/mol. The zero-order valence-electron chi connectivity index (χ0n) is 13.3. The normalized spacial score (nSPS) is 10.5. The summed E-state index contributed by atoms with van der Waals surface area (Å²) in [5.74, 6) is 0.388. The third-order valence-corrected chi connectivity index (χ3v) is 4.21. The maximum atomic E-state index is 12.4. The summed E-state index contributed by atoms with van der Waals surface area (Å²) >= 11 is 9.44. The van der Waals surface area contributed by atoms with E-state index >= 15 is 0 Å². The van der Waals surface area contributed by atoms with Gasteiger partial charge in [0.25, 0.3) is 5.91 Å². The number of carbonyl (C=O) groups is 1. The van der Waals surface area contributed by atoms with Crippen LogP contribution in [0.25, 0.3) is 11.3 Å². The SMILES string of the molecule is CCOc1ccc(Cl)cc1-c1cc(C(=O)Nc2ccc(Br)cc2)[nH]n1. The molecule has 25 heavy (non-hydrogen) atoms. The van der Waals surface area contributed by atoms with Gasteiger partial charge in [0, 0.05) is 20.7 Å². The molecule has 0 fully saturated rings. The molecule has 128 valence electrons. The fourth-order valence-corrected chi connectivity index (χ4v) is 2.73. The summed E-state index contributed by atoms with van der Waals surface area (Å²) in [5.41, 5.74) is 2.36. The molecule has 0 saturated carbocycles. The van der Waals surface area contributed by atoms with E-state index in [0.29, 0.717) is 34.5 Å². The molecule has 0 bridgehead atoms. The van der Waals surface area contributed by atoms with Crippen molar-refractivity contribution in [3.8, 4) is 17.0 Å². The molecule has 0 radical (unpaired) electrons. The van der Waals surface area contributed by atoms with E-state index in [0.717, 1.165) is 10.0 Å². The first-order valence-corrected chi connectivity index (χ1v) is 8.79. The number of anilines is 1. The molecule has 1 heterocycles. The van der Waals surface area contributed by atoms with E-state index in [-0.39, 0.29) is 5.91 Å². The summed E-state index contributed by atoms with van der Waals surface area (Å²) in [7, 11) is 0. The van der Waals surface area contributed by atoms with Gasteiger partial charge in [0.15, 0.2) is 0 Å². The second-order valence-electron chi connectivity index (χ2n) is 5.20. The van der Waals surface area contributed by atoms with Crippen LogP contribution >= 0.6 is 27.5 Å². The number of aromatic amines is 1. The zero-order valence-corrected chi connectivity index (χ0v) is 15.7. The van der Waals surface area contributed by atoms with Gasteiger partial charge in [-0.05, 0) is 55.5 Å². The lowest BCUT2D eigenvalue weighted by Crippen LogP contribution is -2.12. The van der Waals surface area contributed by atoms with E-state index in [4.69, 9.17) is 16.3 Å². The van der Waals surface area contributed by atoms with Crippen LogP contribution in [0.1, 0.15) is 17.4 Å². The van der Waals surface area contributed by atoms with Gasteiger partial charge < -0.3 is 10.1 Å². The van der Waals surface area contributed by atoms with Crippen molar-refractivity contribution in [2.45, 2.75) is 6.92 Å². The number of ether oxygens (including phenoxy) is 1. The summed E-state index contributed by atoms with van der Waals surface area (Å²) in [6.07, 6.45) is 0. The average Bonchev–Trinajstić information content (AvgIpc) is 3.09. The zero-order chi connectivity index (χ0) is 17.8. The number of nitrogens with zero attached hydrogens (tertiary/aromatic N) is 1. The lowest BCUT2D eigenvalue weighted by molar-refractivity contribution is 0.102. The van der Waals surface area contributed by atoms with E-state index < -0.39 is 0 Å². The molecule has 0 saturated heterocycles. The van der Waals surface area contributed by atoms with Gasteiger partial charge in [-0.15, -0.1) is 0 Å². The molecular weight excluding hydrogens is 406 g/mol. The fourth-order valence-electron chi connectivity index (χ4n) is 2.29. The number of hydrogen-bond acceptors (Lipinski definition) is 3. The molecule has 0 spiro atoms. The molecule has 3 aromatic rings. The topological polar surface area (TPSA) is 67.0 Å². The number of rotatable bonds is 5. The van der Waals surface area contributed by atoms with E-state index in [1.165, 1.54) is 0 Å². The molecule has 0 aliphatic heterocycles. The Hall–Kier alpha value is -2.31. The van der Waals surface area contributed by atoms with Crippen LogP contribution in [-0.2, 0) is 0 Å². The Kier molecular flexibility index (Phi) is 5.40. The molecule has 0 atom stereocenters. The number of H-pyrrole nitrogens is 1. The second kappa shape index (κ2) is 7.72. The Bertz CT molecular complexity index is 894. The van der Waals surface area contributed by atoms with E-state index in [1.807, 2.05) is 31.2 Å². The van der Waals surface area contributed by atoms with Gasteiger partial charge in [0.2, 0.25) is 0 Å². The smallest absolute Gasteiger partial charge is 0.273 e. The molecule has 3 rings (SSSR count). The van der Waals surface area contributed by atoms with Crippen LogP contribution < -0.4 is 10.1 Å². The molecule has 2 aromatic carbocycles. The van der Waals surface area contributed by atoms with E-state index in [1.54, 1.807) is 24.3 Å². The molecule has 0 aliphatic rings. The van der Waals surface area contributed by atoms with Gasteiger partial charge in [-0.25, -0.2) is 0 Å². The lowest BCUT2D eigenvalue weighted by atomic mass is 10.1. The number of hydrogen-bond donors (Lipinski definition) is 2. The minimum atomic E-state index is -0.277. The largest absolute Gasteiger partial charge is 0.493 e. The average molecular weight is 421 g/mol. The van der Waals surface area contributed by atoms with Crippen molar-refractivity contribution in [2.24, 2.45) is 0 Å². The summed E-state index contributed by atoms with van der Waals surface area (Å²) in [5, 5.41) is 10.4. The number of benzene rings is 2. The van der Waals surface area contributed by atoms with Crippen molar-refractivity contribution in [1.29, 1.82) is 0 Å². The van der Waals surface area contributed by atoms with Crippen molar-refractivity contribution in [3.63, 3.8) is 0 Å². The van der Waals surface area contributed by atoms with Crippen molar-refractivity contribution in [3.05, 3.63) is 63.7 Å². The van der Waals surface area contributed by atoms with Crippen LogP contribution in [0, 0.1) is 0 Å². The van der Waals surface area contributed by atoms with Crippen molar-refractivity contribution >= 4 is 39.1 Å². The second-order valence-corrected chi connectivity index (χ2v) is 6.55. The minimum absolute atomic E-state index is 0.277. The highest BCUT2D eigenvalue weighted by Gasteiger charge is 2.15. The summed E-state index contributed by atoms with van der Waals surface area (Å²) in [6, 6.07) is 14.3. The van der Waals surface area contributed by atoms with Crippen molar-refractivity contribution in [2.75, 3.05) is 11.9 Å². The van der Waals surface area contributed by atoms with Gasteiger partial charge in [0.1, 0.15) is 11.4 Å². The molecule has 1 aromatic heterocycles. The predicted octanol–water partition coefficient (Wildman–Crippen LogP) is 5.14. The third kappa shape index (κ3) is 4.21. The first-order chi connectivity index (χ1) is 12.1. The molecule has 2 N–H and O–H groups in total. The van der Waals surface area contributed by atoms with Gasteiger partial charge in [-0.2, -0.15) is 5.10 Å². The van der Waals surface area contributed by atoms with Crippen LogP contribution in [0.3, 0.4) is 0 Å². The summed E-state index contributed by atoms with van der Waals surface area (Å²) in [4.78, 5) is 12.4. The summed E-state index contributed by atoms with van der Waals surface area (Å²) < 4.78 is 6.55. The Morgan fingerprint density at radius 2 is 2.00 bits per heavy atom. The van der Waals surface area contributed by atoms with E-state index in [2.05, 4.69) is 31.4 Å². The van der Waals surface area contributed by atoms with Crippen LogP contribution in [0.15, 0.2) is 53.0 Å². The number of amides is 1.